The predicted molar refractivity (Wildman–Crippen MR) is 83.0 cm³/mol. The summed E-state index contributed by atoms with van der Waals surface area (Å²) >= 11 is 0. The molecule has 1 aliphatic heterocycles. The maximum atomic E-state index is 12.1. The van der Waals surface area contributed by atoms with Crippen molar-refractivity contribution in [2.75, 3.05) is 6.61 Å². The minimum atomic E-state index is -0.217. The molecule has 0 saturated heterocycles. The van der Waals surface area contributed by atoms with Gasteiger partial charge in [-0.15, -0.1) is 0 Å². The number of esters is 1. The molecule has 0 spiro atoms. The summed E-state index contributed by atoms with van der Waals surface area (Å²) in [5.41, 5.74) is 1.97. The van der Waals surface area contributed by atoms with Crippen molar-refractivity contribution in [1.29, 1.82) is 0 Å². The van der Waals surface area contributed by atoms with Crippen molar-refractivity contribution in [3.63, 3.8) is 0 Å². The summed E-state index contributed by atoms with van der Waals surface area (Å²) in [5.74, 6) is -0.217. The molecule has 3 heteroatoms. The summed E-state index contributed by atoms with van der Waals surface area (Å²) in [6, 6.07) is 10.2. The summed E-state index contributed by atoms with van der Waals surface area (Å²) in [6.45, 7) is 4.54. The summed E-state index contributed by atoms with van der Waals surface area (Å²) in [6.07, 6.45) is 5.35. The molecule has 2 atom stereocenters. The van der Waals surface area contributed by atoms with Crippen molar-refractivity contribution >= 4 is 5.97 Å². The van der Waals surface area contributed by atoms with E-state index in [4.69, 9.17) is 9.47 Å². The van der Waals surface area contributed by atoms with Gasteiger partial charge in [0.2, 0.25) is 0 Å². The molecule has 1 aliphatic rings. The standard InChI is InChI=1S/C18H24O3/c1-3-15-13-16(17(4-2)21-15)18(19)20-12-8-11-14-9-6-5-7-10-14/h5-7,9-10,13,15,17H,3-4,8,11-12H2,1-2H3/t15-,17-/m0/s1. The van der Waals surface area contributed by atoms with E-state index in [1.807, 2.05) is 31.2 Å². The Morgan fingerprint density at radius 1 is 1.19 bits per heavy atom. The molecule has 1 aromatic carbocycles. The molecule has 0 aliphatic carbocycles. The second kappa shape index (κ2) is 7.99. The lowest BCUT2D eigenvalue weighted by molar-refractivity contribution is -0.140. The third kappa shape index (κ3) is 4.43. The molecular formula is C18H24O3. The number of hydrogen-bond donors (Lipinski definition) is 0. The molecule has 2 rings (SSSR count). The molecule has 0 unspecified atom stereocenters. The molecule has 114 valence electrons. The van der Waals surface area contributed by atoms with Crippen LogP contribution >= 0.6 is 0 Å². The Labute approximate surface area is 127 Å². The van der Waals surface area contributed by atoms with Gasteiger partial charge in [0.1, 0.15) is 0 Å². The molecule has 0 radical (unpaired) electrons. The Balaban J connectivity index is 1.76. The quantitative estimate of drug-likeness (QED) is 0.567. The Morgan fingerprint density at radius 2 is 1.95 bits per heavy atom. The monoisotopic (exact) mass is 288 g/mol. The zero-order valence-corrected chi connectivity index (χ0v) is 12.9. The van der Waals surface area contributed by atoms with Gasteiger partial charge in [-0.2, -0.15) is 0 Å². The summed E-state index contributed by atoms with van der Waals surface area (Å²) < 4.78 is 11.2. The number of benzene rings is 1. The van der Waals surface area contributed by atoms with Crippen LogP contribution in [0.1, 0.15) is 38.7 Å². The van der Waals surface area contributed by atoms with Crippen LogP contribution in [0.5, 0.6) is 0 Å². The van der Waals surface area contributed by atoms with Gasteiger partial charge in [0, 0.05) is 0 Å². The highest BCUT2D eigenvalue weighted by atomic mass is 16.5. The van der Waals surface area contributed by atoms with Crippen LogP contribution in [0.25, 0.3) is 0 Å². The molecular weight excluding hydrogens is 264 g/mol. The molecule has 0 saturated carbocycles. The summed E-state index contributed by atoms with van der Waals surface area (Å²) in [4.78, 5) is 12.1. The Morgan fingerprint density at radius 3 is 2.62 bits per heavy atom. The van der Waals surface area contributed by atoms with Crippen LogP contribution < -0.4 is 0 Å². The highest BCUT2D eigenvalue weighted by Gasteiger charge is 2.30. The van der Waals surface area contributed by atoms with Gasteiger partial charge >= 0.3 is 5.97 Å². The normalized spacial score (nSPS) is 21.1. The Hall–Kier alpha value is -1.61. The molecule has 1 aromatic rings. The first-order valence-corrected chi connectivity index (χ1v) is 7.82. The van der Waals surface area contributed by atoms with Gasteiger partial charge in [0.05, 0.1) is 24.4 Å². The van der Waals surface area contributed by atoms with E-state index in [0.29, 0.717) is 12.2 Å². The highest BCUT2D eigenvalue weighted by Crippen LogP contribution is 2.25. The van der Waals surface area contributed by atoms with Crippen LogP contribution in [0, 0.1) is 0 Å². The predicted octanol–water partition coefficient (Wildman–Crippen LogP) is 3.68. The lowest BCUT2D eigenvalue weighted by Crippen LogP contribution is -2.19. The van der Waals surface area contributed by atoms with Crippen LogP contribution in [0.3, 0.4) is 0 Å². The number of ether oxygens (including phenoxy) is 2. The Kier molecular flexibility index (Phi) is 6.00. The van der Waals surface area contributed by atoms with Crippen LogP contribution in [-0.4, -0.2) is 24.8 Å². The number of hydrogen-bond acceptors (Lipinski definition) is 3. The zero-order chi connectivity index (χ0) is 15.1. The summed E-state index contributed by atoms with van der Waals surface area (Å²) in [7, 11) is 0. The van der Waals surface area contributed by atoms with Crippen molar-refractivity contribution in [3.8, 4) is 0 Å². The number of carbonyl (C=O) groups excluding carboxylic acids is 1. The van der Waals surface area contributed by atoms with Gasteiger partial charge in [0.25, 0.3) is 0 Å². The highest BCUT2D eigenvalue weighted by molar-refractivity contribution is 5.90. The van der Waals surface area contributed by atoms with Crippen molar-refractivity contribution in [2.45, 2.75) is 51.7 Å². The average molecular weight is 288 g/mol. The van der Waals surface area contributed by atoms with Crippen LogP contribution in [0.4, 0.5) is 0 Å². The van der Waals surface area contributed by atoms with Crippen LogP contribution in [0.15, 0.2) is 42.0 Å². The van der Waals surface area contributed by atoms with Crippen molar-refractivity contribution in [1.82, 2.24) is 0 Å². The second-order valence-electron chi connectivity index (χ2n) is 5.33. The fourth-order valence-electron chi connectivity index (χ4n) is 2.53. The molecule has 1 heterocycles. The molecule has 0 bridgehead atoms. The topological polar surface area (TPSA) is 35.5 Å². The smallest absolute Gasteiger partial charge is 0.336 e. The summed E-state index contributed by atoms with van der Waals surface area (Å²) in [5, 5.41) is 0. The van der Waals surface area contributed by atoms with Crippen molar-refractivity contribution < 1.29 is 14.3 Å². The largest absolute Gasteiger partial charge is 0.462 e. The molecule has 21 heavy (non-hydrogen) atoms. The van der Waals surface area contributed by atoms with Crippen LogP contribution in [0.2, 0.25) is 0 Å². The number of rotatable bonds is 7. The molecule has 3 nitrogen and oxygen atoms in total. The fourth-order valence-corrected chi connectivity index (χ4v) is 2.53. The lowest BCUT2D eigenvalue weighted by Gasteiger charge is -2.13. The van der Waals surface area contributed by atoms with E-state index < -0.39 is 0 Å². The van der Waals surface area contributed by atoms with Crippen molar-refractivity contribution in [2.24, 2.45) is 0 Å². The van der Waals surface area contributed by atoms with E-state index in [9.17, 15) is 4.79 Å². The van der Waals surface area contributed by atoms with E-state index >= 15 is 0 Å². The van der Waals surface area contributed by atoms with Gasteiger partial charge < -0.3 is 9.47 Å². The molecule has 0 aromatic heterocycles. The lowest BCUT2D eigenvalue weighted by atomic mass is 10.1. The minimum absolute atomic E-state index is 0.0572. The molecule has 0 fully saturated rings. The second-order valence-corrected chi connectivity index (χ2v) is 5.33. The van der Waals surface area contributed by atoms with Gasteiger partial charge in [-0.3, -0.25) is 0 Å². The average Bonchev–Trinajstić information content (AvgIpc) is 2.96. The van der Waals surface area contributed by atoms with E-state index in [1.54, 1.807) is 0 Å². The maximum absolute atomic E-state index is 12.1. The maximum Gasteiger partial charge on any atom is 0.336 e. The SMILES string of the molecule is CC[C@H]1C=C(C(=O)OCCCc2ccccc2)[C@H](CC)O1. The minimum Gasteiger partial charge on any atom is -0.462 e. The Bertz CT molecular complexity index is 478. The number of carbonyl (C=O) groups is 1. The van der Waals surface area contributed by atoms with Gasteiger partial charge in [-0.25, -0.2) is 4.79 Å². The van der Waals surface area contributed by atoms with Gasteiger partial charge in [0.15, 0.2) is 0 Å². The first-order valence-electron chi connectivity index (χ1n) is 7.82. The molecule has 0 N–H and O–H groups in total. The van der Waals surface area contributed by atoms with E-state index in [1.165, 1.54) is 5.56 Å². The fraction of sp³-hybridized carbons (Fsp3) is 0.500. The third-order valence-electron chi connectivity index (χ3n) is 3.75. The zero-order valence-electron chi connectivity index (χ0n) is 12.9. The first-order chi connectivity index (χ1) is 10.2. The third-order valence-corrected chi connectivity index (χ3v) is 3.75. The number of aryl methyl sites for hydroxylation is 1. The van der Waals surface area contributed by atoms with Gasteiger partial charge in [-0.1, -0.05) is 44.2 Å². The molecule has 0 amide bonds. The van der Waals surface area contributed by atoms with Crippen LogP contribution in [-0.2, 0) is 20.7 Å². The van der Waals surface area contributed by atoms with E-state index in [-0.39, 0.29) is 18.2 Å². The van der Waals surface area contributed by atoms with E-state index in [2.05, 4.69) is 19.1 Å². The van der Waals surface area contributed by atoms with Gasteiger partial charge in [-0.05, 0) is 37.3 Å². The van der Waals surface area contributed by atoms with E-state index in [0.717, 1.165) is 25.7 Å². The van der Waals surface area contributed by atoms with Crippen molar-refractivity contribution in [3.05, 3.63) is 47.5 Å². The first kappa shape index (κ1) is 15.8.